The van der Waals surface area contributed by atoms with Gasteiger partial charge >= 0.3 is 6.03 Å². The van der Waals surface area contributed by atoms with Crippen molar-refractivity contribution in [3.63, 3.8) is 0 Å². The molecule has 0 heterocycles. The second-order valence-electron chi connectivity index (χ2n) is 4.15. The minimum absolute atomic E-state index is 0.271. The molecule has 6 heteroatoms. The number of hydrogen-bond acceptors (Lipinski definition) is 2. The minimum Gasteiger partial charge on any atom is -0.386 e. The predicted octanol–water partition coefficient (Wildman–Crippen LogP) is 2.26. The van der Waals surface area contributed by atoms with Crippen molar-refractivity contribution in [1.29, 1.82) is 0 Å². The lowest BCUT2D eigenvalue weighted by Crippen LogP contribution is -2.38. The first kappa shape index (κ1) is 16.1. The zero-order valence-corrected chi connectivity index (χ0v) is 11.2. The van der Waals surface area contributed by atoms with Gasteiger partial charge in [-0.3, -0.25) is 0 Å². The highest BCUT2D eigenvalue weighted by Crippen LogP contribution is 2.19. The first-order valence-corrected chi connectivity index (χ1v) is 6.31. The summed E-state index contributed by atoms with van der Waals surface area (Å²) in [5.41, 5.74) is -0.443. The van der Waals surface area contributed by atoms with Crippen LogP contribution in [-0.2, 0) is 0 Å². The Bertz CT molecular complexity index is 458. The molecule has 1 aromatic rings. The second kappa shape index (κ2) is 8.27. The Kier molecular flexibility index (Phi) is 6.66. The van der Waals surface area contributed by atoms with Gasteiger partial charge in [0.05, 0.1) is 5.56 Å². The summed E-state index contributed by atoms with van der Waals surface area (Å²) in [5, 5.41) is 14.6. The van der Waals surface area contributed by atoms with Crippen molar-refractivity contribution in [1.82, 2.24) is 10.6 Å². The van der Waals surface area contributed by atoms with Gasteiger partial charge in [-0.15, -0.1) is 0 Å². The number of benzene rings is 1. The predicted molar refractivity (Wildman–Crippen MR) is 72.2 cm³/mol. The monoisotopic (exact) mass is 284 g/mol. The molecule has 2 amide bonds. The zero-order chi connectivity index (χ0) is 15.0. The summed E-state index contributed by atoms with van der Waals surface area (Å²) < 4.78 is 26.8. The van der Waals surface area contributed by atoms with E-state index in [4.69, 9.17) is 0 Å². The Morgan fingerprint density at radius 3 is 2.60 bits per heavy atom. The van der Waals surface area contributed by atoms with E-state index in [2.05, 4.69) is 10.6 Å². The fourth-order valence-electron chi connectivity index (χ4n) is 1.62. The first-order chi connectivity index (χ1) is 9.56. The van der Waals surface area contributed by atoms with Gasteiger partial charge in [0.15, 0.2) is 0 Å². The van der Waals surface area contributed by atoms with Crippen LogP contribution in [0.3, 0.4) is 0 Å². The van der Waals surface area contributed by atoms with E-state index in [1.54, 1.807) is 0 Å². The number of aliphatic hydroxyl groups excluding tert-OH is 1. The lowest BCUT2D eigenvalue weighted by atomic mass is 10.1. The number of aliphatic hydroxyl groups is 1. The van der Waals surface area contributed by atoms with Gasteiger partial charge < -0.3 is 15.7 Å². The number of hydrogen-bond donors (Lipinski definition) is 3. The molecule has 0 aromatic heterocycles. The molecule has 4 nitrogen and oxygen atoms in total. The summed E-state index contributed by atoms with van der Waals surface area (Å²) in [4.78, 5) is 11.4. The van der Waals surface area contributed by atoms with Gasteiger partial charge in [0, 0.05) is 13.1 Å². The number of allylic oxidation sites excluding steroid dienone is 1. The molecule has 3 N–H and O–H groups in total. The van der Waals surface area contributed by atoms with Crippen molar-refractivity contribution in [3.8, 4) is 0 Å². The highest BCUT2D eigenvalue weighted by Gasteiger charge is 2.18. The van der Waals surface area contributed by atoms with Crippen molar-refractivity contribution in [3.05, 3.63) is 47.5 Å². The molecule has 1 aromatic carbocycles. The van der Waals surface area contributed by atoms with Gasteiger partial charge in [-0.1, -0.05) is 18.2 Å². The topological polar surface area (TPSA) is 61.4 Å². The maximum Gasteiger partial charge on any atom is 0.314 e. The molecule has 20 heavy (non-hydrogen) atoms. The zero-order valence-electron chi connectivity index (χ0n) is 11.2. The molecule has 110 valence electrons. The molecule has 0 fully saturated rings. The first-order valence-electron chi connectivity index (χ1n) is 6.31. The third kappa shape index (κ3) is 4.97. The quantitative estimate of drug-likeness (QED) is 0.554. The third-order valence-corrected chi connectivity index (χ3v) is 2.62. The molecule has 1 atom stereocenters. The molecule has 0 saturated heterocycles. The van der Waals surface area contributed by atoms with Crippen molar-refractivity contribution in [2.24, 2.45) is 0 Å². The number of carbonyl (C=O) groups excluding carboxylic acids is 1. The highest BCUT2D eigenvalue weighted by molar-refractivity contribution is 5.73. The third-order valence-electron chi connectivity index (χ3n) is 2.62. The van der Waals surface area contributed by atoms with Crippen LogP contribution in [0.4, 0.5) is 13.6 Å². The average Bonchev–Trinajstić information content (AvgIpc) is 2.41. The summed E-state index contributed by atoms with van der Waals surface area (Å²) in [6, 6.07) is 2.82. The van der Waals surface area contributed by atoms with Crippen molar-refractivity contribution in [2.45, 2.75) is 19.4 Å². The van der Waals surface area contributed by atoms with E-state index in [0.29, 0.717) is 13.0 Å². The maximum absolute atomic E-state index is 13.4. The molecule has 1 rings (SSSR count). The summed E-state index contributed by atoms with van der Waals surface area (Å²) in [6.07, 6.45) is 3.01. The summed E-state index contributed by atoms with van der Waals surface area (Å²) in [7, 11) is 0. The van der Waals surface area contributed by atoms with Crippen LogP contribution in [0.1, 0.15) is 25.0 Å². The van der Waals surface area contributed by atoms with E-state index >= 15 is 0 Å². The minimum atomic E-state index is -1.43. The Balaban J connectivity index is 2.43. The SMILES string of the molecule is CC=CCCNC(=O)NCC(O)c1c(F)cccc1F. The van der Waals surface area contributed by atoms with Gasteiger partial charge in [-0.2, -0.15) is 0 Å². The van der Waals surface area contributed by atoms with E-state index in [1.807, 2.05) is 19.1 Å². The number of urea groups is 1. The lowest BCUT2D eigenvalue weighted by molar-refractivity contribution is 0.164. The summed E-state index contributed by atoms with van der Waals surface area (Å²) in [6.45, 7) is 2.05. The van der Waals surface area contributed by atoms with Gasteiger partial charge in [-0.05, 0) is 25.5 Å². The lowest BCUT2D eigenvalue weighted by Gasteiger charge is -2.14. The van der Waals surface area contributed by atoms with E-state index in [1.165, 1.54) is 6.07 Å². The number of rotatable bonds is 6. The van der Waals surface area contributed by atoms with Crippen molar-refractivity contribution < 1.29 is 18.7 Å². The normalized spacial score (nSPS) is 12.4. The molecule has 0 bridgehead atoms. The number of nitrogens with one attached hydrogen (secondary N) is 2. The standard InChI is InChI=1S/C14H18F2N2O2/c1-2-3-4-8-17-14(20)18-9-12(19)13-10(15)6-5-7-11(13)16/h2-3,5-7,12,19H,4,8-9H2,1H3,(H2,17,18,20). The van der Waals surface area contributed by atoms with E-state index in [9.17, 15) is 18.7 Å². The molecule has 0 radical (unpaired) electrons. The van der Waals surface area contributed by atoms with Gasteiger partial charge in [0.1, 0.15) is 17.7 Å². The van der Waals surface area contributed by atoms with E-state index in [0.717, 1.165) is 12.1 Å². The van der Waals surface area contributed by atoms with Crippen LogP contribution in [0.25, 0.3) is 0 Å². The van der Waals surface area contributed by atoms with Crippen LogP contribution in [-0.4, -0.2) is 24.2 Å². The molecular weight excluding hydrogens is 266 g/mol. The van der Waals surface area contributed by atoms with Crippen LogP contribution in [0, 0.1) is 11.6 Å². The van der Waals surface area contributed by atoms with Gasteiger partial charge in [0.25, 0.3) is 0 Å². The molecule has 0 saturated carbocycles. The number of carbonyl (C=O) groups is 1. The van der Waals surface area contributed by atoms with Crippen LogP contribution in [0.5, 0.6) is 0 Å². The molecule has 1 unspecified atom stereocenters. The van der Waals surface area contributed by atoms with Gasteiger partial charge in [-0.25, -0.2) is 13.6 Å². The van der Waals surface area contributed by atoms with Crippen molar-refractivity contribution in [2.75, 3.05) is 13.1 Å². The smallest absolute Gasteiger partial charge is 0.314 e. The Morgan fingerprint density at radius 2 is 2.00 bits per heavy atom. The van der Waals surface area contributed by atoms with Gasteiger partial charge in [0.2, 0.25) is 0 Å². The molecular formula is C14H18F2N2O2. The van der Waals surface area contributed by atoms with Crippen molar-refractivity contribution >= 4 is 6.03 Å². The van der Waals surface area contributed by atoms with Crippen LogP contribution in [0.15, 0.2) is 30.4 Å². The highest BCUT2D eigenvalue weighted by atomic mass is 19.1. The second-order valence-corrected chi connectivity index (χ2v) is 4.15. The van der Waals surface area contributed by atoms with Crippen LogP contribution < -0.4 is 10.6 Å². The molecule has 0 aliphatic carbocycles. The summed E-state index contributed by atoms with van der Waals surface area (Å²) >= 11 is 0. The Labute approximate surface area is 116 Å². The largest absolute Gasteiger partial charge is 0.386 e. The average molecular weight is 284 g/mol. The van der Waals surface area contributed by atoms with Crippen LogP contribution >= 0.6 is 0 Å². The molecule has 0 aliphatic heterocycles. The fraction of sp³-hybridized carbons (Fsp3) is 0.357. The summed E-state index contributed by atoms with van der Waals surface area (Å²) in [5.74, 6) is -1.68. The Hall–Kier alpha value is -1.95. The fourth-order valence-corrected chi connectivity index (χ4v) is 1.62. The molecule has 0 aliphatic rings. The van der Waals surface area contributed by atoms with Crippen LogP contribution in [0.2, 0.25) is 0 Å². The number of halogens is 2. The molecule has 0 spiro atoms. The number of amides is 2. The Morgan fingerprint density at radius 1 is 1.35 bits per heavy atom. The van der Waals surface area contributed by atoms with E-state index in [-0.39, 0.29) is 6.54 Å². The van der Waals surface area contributed by atoms with E-state index < -0.39 is 29.3 Å². The maximum atomic E-state index is 13.4.